The van der Waals surface area contributed by atoms with Gasteiger partial charge in [0, 0.05) is 19.8 Å². The normalized spacial score (nSPS) is 9.88. The third-order valence-electron chi connectivity index (χ3n) is 2.60. The Morgan fingerprint density at radius 2 is 2.12 bits per heavy atom. The van der Waals surface area contributed by atoms with Crippen molar-refractivity contribution in [3.63, 3.8) is 0 Å². The second kappa shape index (κ2) is 6.13. The summed E-state index contributed by atoms with van der Waals surface area (Å²) in [5.74, 6) is 0.941. The number of hydrogen-bond acceptors (Lipinski definition) is 3. The van der Waals surface area contributed by atoms with E-state index in [-0.39, 0.29) is 5.91 Å². The fourth-order valence-electron chi connectivity index (χ4n) is 1.50. The van der Waals surface area contributed by atoms with Crippen molar-refractivity contribution in [2.24, 2.45) is 0 Å². The molecule has 0 atom stereocenters. The summed E-state index contributed by atoms with van der Waals surface area (Å²) >= 11 is 0. The van der Waals surface area contributed by atoms with Crippen LogP contribution in [0, 0.1) is 0 Å². The number of likely N-dealkylation sites (N-methyl/N-ethyl adjacent to an activating group) is 1. The Labute approximate surface area is 103 Å². The van der Waals surface area contributed by atoms with Crippen molar-refractivity contribution < 1.29 is 9.53 Å². The van der Waals surface area contributed by atoms with Crippen molar-refractivity contribution in [2.75, 3.05) is 33.1 Å². The fourth-order valence-corrected chi connectivity index (χ4v) is 1.50. The van der Waals surface area contributed by atoms with E-state index in [0.717, 1.165) is 23.4 Å². The predicted molar refractivity (Wildman–Crippen MR) is 69.6 cm³/mol. The van der Waals surface area contributed by atoms with Gasteiger partial charge < -0.3 is 15.0 Å². The molecule has 94 valence electrons. The van der Waals surface area contributed by atoms with Gasteiger partial charge in [-0.1, -0.05) is 6.92 Å². The number of aryl methyl sites for hydroxylation is 1. The zero-order valence-corrected chi connectivity index (χ0v) is 10.9. The minimum absolute atomic E-state index is 0.0545. The summed E-state index contributed by atoms with van der Waals surface area (Å²) in [5.41, 5.74) is 2.08. The highest BCUT2D eigenvalue weighted by Crippen LogP contribution is 2.22. The third kappa shape index (κ3) is 3.66. The molecule has 4 heteroatoms. The van der Waals surface area contributed by atoms with E-state index in [4.69, 9.17) is 4.74 Å². The number of amides is 1. The summed E-state index contributed by atoms with van der Waals surface area (Å²) in [6, 6.07) is 5.85. The molecule has 1 aromatic rings. The van der Waals surface area contributed by atoms with Gasteiger partial charge in [-0.05, 0) is 30.2 Å². The molecule has 4 nitrogen and oxygen atoms in total. The predicted octanol–water partition coefficient (Wildman–Crippen LogP) is 1.76. The lowest BCUT2D eigenvalue weighted by atomic mass is 10.1. The van der Waals surface area contributed by atoms with Gasteiger partial charge in [0.25, 0.3) is 0 Å². The summed E-state index contributed by atoms with van der Waals surface area (Å²) in [6.07, 6.45) is 0.903. The van der Waals surface area contributed by atoms with E-state index in [1.165, 1.54) is 0 Å². The highest BCUT2D eigenvalue weighted by Gasteiger charge is 2.05. The van der Waals surface area contributed by atoms with Crippen molar-refractivity contribution in [3.05, 3.63) is 23.8 Å². The van der Waals surface area contributed by atoms with Crippen LogP contribution in [0.4, 0.5) is 5.69 Å². The summed E-state index contributed by atoms with van der Waals surface area (Å²) in [4.78, 5) is 13.0. The first-order valence-electron chi connectivity index (χ1n) is 5.69. The average Bonchev–Trinajstić information content (AvgIpc) is 2.35. The van der Waals surface area contributed by atoms with Crippen LogP contribution in [0.2, 0.25) is 0 Å². The number of carbonyl (C=O) groups is 1. The van der Waals surface area contributed by atoms with Crippen LogP contribution in [0.15, 0.2) is 18.2 Å². The van der Waals surface area contributed by atoms with Gasteiger partial charge >= 0.3 is 0 Å². The number of ether oxygens (including phenoxy) is 1. The molecule has 1 aromatic carbocycles. The standard InChI is InChI=1S/C13H20N2O2/c1-5-10-8-11(6-7-12(10)17-4)14-9-13(16)15(2)3/h6-8,14H,5,9H2,1-4H3. The molecule has 0 aliphatic rings. The van der Waals surface area contributed by atoms with Gasteiger partial charge in [0.15, 0.2) is 0 Å². The first kappa shape index (κ1) is 13.4. The smallest absolute Gasteiger partial charge is 0.241 e. The third-order valence-corrected chi connectivity index (χ3v) is 2.60. The number of carbonyl (C=O) groups excluding carboxylic acids is 1. The van der Waals surface area contributed by atoms with E-state index in [1.807, 2.05) is 18.2 Å². The highest BCUT2D eigenvalue weighted by molar-refractivity contribution is 5.80. The summed E-state index contributed by atoms with van der Waals surface area (Å²) in [7, 11) is 5.15. The quantitative estimate of drug-likeness (QED) is 0.847. The van der Waals surface area contributed by atoms with Crippen LogP contribution in [-0.4, -0.2) is 38.6 Å². The minimum atomic E-state index is 0.0545. The van der Waals surface area contributed by atoms with Crippen molar-refractivity contribution in [2.45, 2.75) is 13.3 Å². The SMILES string of the molecule is CCc1cc(NCC(=O)N(C)C)ccc1OC. The molecule has 1 N–H and O–H groups in total. The van der Waals surface area contributed by atoms with Gasteiger partial charge in [-0.15, -0.1) is 0 Å². The fraction of sp³-hybridized carbons (Fsp3) is 0.462. The monoisotopic (exact) mass is 236 g/mol. The minimum Gasteiger partial charge on any atom is -0.496 e. The zero-order chi connectivity index (χ0) is 12.8. The molecule has 0 spiro atoms. The van der Waals surface area contributed by atoms with E-state index < -0.39 is 0 Å². The lowest BCUT2D eigenvalue weighted by Gasteiger charge is -2.13. The van der Waals surface area contributed by atoms with Crippen LogP contribution in [0.5, 0.6) is 5.75 Å². The number of anilines is 1. The van der Waals surface area contributed by atoms with Crippen LogP contribution in [-0.2, 0) is 11.2 Å². The van der Waals surface area contributed by atoms with Gasteiger partial charge in [0.05, 0.1) is 13.7 Å². The average molecular weight is 236 g/mol. The first-order chi connectivity index (χ1) is 8.08. The number of nitrogens with one attached hydrogen (secondary N) is 1. The van der Waals surface area contributed by atoms with Gasteiger partial charge in [0.1, 0.15) is 5.75 Å². The maximum absolute atomic E-state index is 11.4. The van der Waals surface area contributed by atoms with Gasteiger partial charge in [-0.3, -0.25) is 4.79 Å². The van der Waals surface area contributed by atoms with Crippen molar-refractivity contribution in [1.29, 1.82) is 0 Å². The van der Waals surface area contributed by atoms with Crippen molar-refractivity contribution in [3.8, 4) is 5.75 Å². The topological polar surface area (TPSA) is 41.6 Å². The molecule has 0 aliphatic carbocycles. The van der Waals surface area contributed by atoms with Gasteiger partial charge in [-0.2, -0.15) is 0 Å². The molecule has 0 heterocycles. The van der Waals surface area contributed by atoms with E-state index in [1.54, 1.807) is 26.1 Å². The maximum Gasteiger partial charge on any atom is 0.241 e. The molecule has 0 saturated heterocycles. The Bertz CT molecular complexity index is 389. The van der Waals surface area contributed by atoms with Gasteiger partial charge in [-0.25, -0.2) is 0 Å². The summed E-state index contributed by atoms with van der Waals surface area (Å²) in [6.45, 7) is 2.38. The summed E-state index contributed by atoms with van der Waals surface area (Å²) < 4.78 is 5.25. The van der Waals surface area contributed by atoms with E-state index in [2.05, 4.69) is 12.2 Å². The Balaban J connectivity index is 2.69. The van der Waals surface area contributed by atoms with E-state index in [0.29, 0.717) is 6.54 Å². The van der Waals surface area contributed by atoms with Crippen molar-refractivity contribution in [1.82, 2.24) is 4.90 Å². The molecular formula is C13H20N2O2. The van der Waals surface area contributed by atoms with Crippen LogP contribution in [0.1, 0.15) is 12.5 Å². The molecule has 0 saturated carbocycles. The van der Waals surface area contributed by atoms with Crippen LogP contribution < -0.4 is 10.1 Å². The second-order valence-electron chi connectivity index (χ2n) is 4.02. The van der Waals surface area contributed by atoms with Crippen LogP contribution in [0.25, 0.3) is 0 Å². The zero-order valence-electron chi connectivity index (χ0n) is 10.9. The lowest BCUT2D eigenvalue weighted by Crippen LogP contribution is -2.28. The number of nitrogens with zero attached hydrogens (tertiary/aromatic N) is 1. The molecule has 0 aliphatic heterocycles. The molecule has 1 amide bonds. The summed E-state index contributed by atoms with van der Waals surface area (Å²) in [5, 5.41) is 3.11. The maximum atomic E-state index is 11.4. The first-order valence-corrected chi connectivity index (χ1v) is 5.69. The number of benzene rings is 1. The molecular weight excluding hydrogens is 216 g/mol. The largest absolute Gasteiger partial charge is 0.496 e. The van der Waals surface area contributed by atoms with Crippen LogP contribution in [0.3, 0.4) is 0 Å². The Morgan fingerprint density at radius 3 is 2.65 bits per heavy atom. The van der Waals surface area contributed by atoms with Gasteiger partial charge in [0.2, 0.25) is 5.91 Å². The molecule has 0 unspecified atom stereocenters. The Kier molecular flexibility index (Phi) is 4.82. The molecule has 0 fully saturated rings. The van der Waals surface area contributed by atoms with E-state index in [9.17, 15) is 4.79 Å². The molecule has 0 radical (unpaired) electrons. The number of hydrogen-bond donors (Lipinski definition) is 1. The lowest BCUT2D eigenvalue weighted by molar-refractivity contribution is -0.126. The molecule has 17 heavy (non-hydrogen) atoms. The van der Waals surface area contributed by atoms with Crippen LogP contribution >= 0.6 is 0 Å². The highest BCUT2D eigenvalue weighted by atomic mass is 16.5. The number of rotatable bonds is 5. The Hall–Kier alpha value is -1.71. The second-order valence-corrected chi connectivity index (χ2v) is 4.02. The number of methoxy groups -OCH3 is 1. The van der Waals surface area contributed by atoms with E-state index >= 15 is 0 Å². The Morgan fingerprint density at radius 1 is 1.41 bits per heavy atom. The molecule has 0 aromatic heterocycles. The van der Waals surface area contributed by atoms with Crippen molar-refractivity contribution >= 4 is 11.6 Å². The molecule has 1 rings (SSSR count). The molecule has 0 bridgehead atoms.